The second-order valence-electron chi connectivity index (χ2n) is 3.39. The van der Waals surface area contributed by atoms with E-state index in [1.807, 2.05) is 18.2 Å². The molecule has 0 radical (unpaired) electrons. The number of nitrogens with two attached hydrogens (primary N) is 1. The molecule has 1 aliphatic heterocycles. The largest absolute Gasteiger partial charge is 0.295 e. The first-order valence-electron chi connectivity index (χ1n) is 4.97. The topological polar surface area (TPSA) is 56.9 Å². The van der Waals surface area contributed by atoms with Crippen LogP contribution < -0.4 is 11.2 Å². The van der Waals surface area contributed by atoms with E-state index in [0.717, 1.165) is 5.56 Å². The maximum Gasteiger partial charge on any atom is 0.187 e. The van der Waals surface area contributed by atoms with Crippen molar-refractivity contribution in [3.05, 3.63) is 34.9 Å². The van der Waals surface area contributed by atoms with Gasteiger partial charge in [-0.15, -0.1) is 5.12 Å². The molecule has 1 heterocycles. The number of hydrogen-bond donors (Lipinski definition) is 2. The first-order valence-corrected chi connectivity index (χ1v) is 5.82. The number of aliphatic imine (C=N–C) groups is 1. The van der Waals surface area contributed by atoms with Gasteiger partial charge < -0.3 is 0 Å². The van der Waals surface area contributed by atoms with Crippen LogP contribution in [-0.2, 0) is 0 Å². The van der Waals surface area contributed by atoms with Crippen molar-refractivity contribution in [2.24, 2.45) is 10.7 Å². The molecule has 0 spiro atoms. The number of halogens is 1. The average molecular weight is 270 g/mol. The Morgan fingerprint density at radius 3 is 2.94 bits per heavy atom. The summed E-state index contributed by atoms with van der Waals surface area (Å²) in [5, 5.41) is 3.94. The van der Waals surface area contributed by atoms with Crippen molar-refractivity contribution in [1.29, 1.82) is 0 Å². The van der Waals surface area contributed by atoms with Crippen LogP contribution in [0.5, 0.6) is 0 Å². The molecule has 0 saturated heterocycles. The first kappa shape index (κ1) is 12.4. The maximum absolute atomic E-state index is 5.95. The Morgan fingerprint density at radius 1 is 1.59 bits per heavy atom. The summed E-state index contributed by atoms with van der Waals surface area (Å²) in [4.78, 5) is 4.33. The molecule has 1 atom stereocenters. The third-order valence-electron chi connectivity index (χ3n) is 2.37. The van der Waals surface area contributed by atoms with Crippen molar-refractivity contribution < 1.29 is 0 Å². The van der Waals surface area contributed by atoms with Gasteiger partial charge in [-0.25, -0.2) is 15.4 Å². The molecule has 17 heavy (non-hydrogen) atoms. The van der Waals surface area contributed by atoms with Crippen LogP contribution in [0.4, 0.5) is 0 Å². The van der Waals surface area contributed by atoms with Crippen molar-refractivity contribution >= 4 is 35.1 Å². The van der Waals surface area contributed by atoms with Crippen LogP contribution in [-0.4, -0.2) is 34.8 Å². The number of hydrogen-bond acceptors (Lipinski definition) is 5. The Bertz CT molecular complexity index is 464. The quantitative estimate of drug-likeness (QED) is 0.801. The smallest absolute Gasteiger partial charge is 0.187 e. The van der Waals surface area contributed by atoms with E-state index >= 15 is 0 Å². The van der Waals surface area contributed by atoms with Gasteiger partial charge in [-0.05, 0) is 12.1 Å². The van der Waals surface area contributed by atoms with E-state index in [9.17, 15) is 0 Å². The fourth-order valence-electron chi connectivity index (χ4n) is 1.64. The highest BCUT2D eigenvalue weighted by atomic mass is 35.5. The zero-order valence-corrected chi connectivity index (χ0v) is 10.7. The van der Waals surface area contributed by atoms with E-state index in [2.05, 4.69) is 10.4 Å². The van der Waals surface area contributed by atoms with Gasteiger partial charge in [0.1, 0.15) is 0 Å². The van der Waals surface area contributed by atoms with Crippen molar-refractivity contribution in [1.82, 2.24) is 15.6 Å². The second-order valence-corrected chi connectivity index (χ2v) is 4.04. The van der Waals surface area contributed by atoms with Gasteiger partial charge in [-0.1, -0.05) is 36.0 Å². The molecule has 90 valence electrons. The Hall–Kier alpha value is -1.05. The fourth-order valence-corrected chi connectivity index (χ4v) is 2.04. The normalized spacial score (nSPS) is 20.5. The minimum absolute atomic E-state index is 0.506. The molecular weight excluding hydrogens is 258 g/mol. The van der Waals surface area contributed by atoms with Gasteiger partial charge in [-0.2, -0.15) is 0 Å². The van der Waals surface area contributed by atoms with Gasteiger partial charge in [0.05, 0.1) is 5.49 Å². The second kappa shape index (κ2) is 5.07. The molecule has 0 aliphatic carbocycles. The molecule has 0 amide bonds. The van der Waals surface area contributed by atoms with Crippen molar-refractivity contribution in [2.75, 3.05) is 7.05 Å². The lowest BCUT2D eigenvalue weighted by Gasteiger charge is -2.27. The van der Waals surface area contributed by atoms with E-state index in [1.165, 1.54) is 5.49 Å². The minimum Gasteiger partial charge on any atom is -0.295 e. The number of hydrazine groups is 2. The van der Waals surface area contributed by atoms with Crippen LogP contribution in [0.15, 0.2) is 29.3 Å². The van der Waals surface area contributed by atoms with Gasteiger partial charge in [0, 0.05) is 17.6 Å². The standard InChI is InChI=1S/C10H12ClN5S/c1-13-16-10(12)14-9(15(16)6-17)7-3-2-4-8(11)5-7/h2-6,10,13H,12H2,1H3. The molecule has 3 N–H and O–H groups in total. The van der Waals surface area contributed by atoms with Crippen LogP contribution in [0.3, 0.4) is 0 Å². The Balaban J connectivity index is 2.38. The summed E-state index contributed by atoms with van der Waals surface area (Å²) in [6, 6.07) is 7.38. The summed E-state index contributed by atoms with van der Waals surface area (Å²) in [5.74, 6) is 0.671. The maximum atomic E-state index is 5.95. The lowest BCUT2D eigenvalue weighted by atomic mass is 10.2. The van der Waals surface area contributed by atoms with Gasteiger partial charge >= 0.3 is 0 Å². The Kier molecular flexibility index (Phi) is 3.70. The predicted molar refractivity (Wildman–Crippen MR) is 72.4 cm³/mol. The lowest BCUT2D eigenvalue weighted by Crippen LogP contribution is -2.53. The number of nitrogens with one attached hydrogen (secondary N) is 1. The summed E-state index contributed by atoms with van der Waals surface area (Å²) in [6.07, 6.45) is -0.506. The fraction of sp³-hybridized carbons (Fsp3) is 0.200. The first-order chi connectivity index (χ1) is 8.17. The number of nitrogens with zero attached hydrogens (tertiary/aromatic N) is 3. The molecule has 0 aromatic heterocycles. The van der Waals surface area contributed by atoms with E-state index in [1.54, 1.807) is 23.2 Å². The van der Waals surface area contributed by atoms with Crippen LogP contribution >= 0.6 is 23.8 Å². The number of thiocarbonyl (C=S) groups is 1. The molecule has 0 saturated carbocycles. The highest BCUT2D eigenvalue weighted by Crippen LogP contribution is 2.18. The monoisotopic (exact) mass is 269 g/mol. The van der Waals surface area contributed by atoms with Gasteiger partial charge in [0.15, 0.2) is 12.1 Å². The average Bonchev–Trinajstić information content (AvgIpc) is 2.65. The summed E-state index contributed by atoms with van der Waals surface area (Å²) < 4.78 is 0. The van der Waals surface area contributed by atoms with Crippen LogP contribution in [0.25, 0.3) is 0 Å². The van der Waals surface area contributed by atoms with Crippen molar-refractivity contribution in [3.8, 4) is 0 Å². The molecule has 7 heteroatoms. The minimum atomic E-state index is -0.506. The zero-order chi connectivity index (χ0) is 12.4. The van der Waals surface area contributed by atoms with E-state index in [4.69, 9.17) is 29.6 Å². The van der Waals surface area contributed by atoms with Crippen LogP contribution in [0.2, 0.25) is 5.02 Å². The SMILES string of the molecule is CNN1C(N)N=C(c2cccc(Cl)c2)N1C=S. The van der Waals surface area contributed by atoms with E-state index < -0.39 is 6.29 Å². The van der Waals surface area contributed by atoms with Gasteiger partial charge in [-0.3, -0.25) is 5.73 Å². The molecular formula is C10H12ClN5S. The summed E-state index contributed by atoms with van der Waals surface area (Å²) in [6.45, 7) is 0. The molecule has 5 nitrogen and oxygen atoms in total. The molecule has 2 rings (SSSR count). The van der Waals surface area contributed by atoms with E-state index in [-0.39, 0.29) is 0 Å². The van der Waals surface area contributed by atoms with Gasteiger partial charge in [0.2, 0.25) is 0 Å². The summed E-state index contributed by atoms with van der Waals surface area (Å²) >= 11 is 10.9. The van der Waals surface area contributed by atoms with Gasteiger partial charge in [0.25, 0.3) is 0 Å². The molecule has 0 fully saturated rings. The van der Waals surface area contributed by atoms with Crippen molar-refractivity contribution in [3.63, 3.8) is 0 Å². The number of amidine groups is 1. The zero-order valence-electron chi connectivity index (χ0n) is 9.17. The number of rotatable bonds is 3. The lowest BCUT2D eigenvalue weighted by molar-refractivity contribution is 0.0406. The Morgan fingerprint density at radius 2 is 2.35 bits per heavy atom. The van der Waals surface area contributed by atoms with E-state index in [0.29, 0.717) is 10.9 Å². The van der Waals surface area contributed by atoms with Crippen molar-refractivity contribution in [2.45, 2.75) is 6.29 Å². The van der Waals surface area contributed by atoms with Crippen LogP contribution in [0.1, 0.15) is 5.56 Å². The molecule has 1 aliphatic rings. The highest BCUT2D eigenvalue weighted by Gasteiger charge is 2.30. The van der Waals surface area contributed by atoms with Crippen LogP contribution in [0, 0.1) is 0 Å². The Labute approximate surface area is 110 Å². The summed E-state index contributed by atoms with van der Waals surface area (Å²) in [7, 11) is 1.75. The number of benzene rings is 1. The molecule has 0 bridgehead atoms. The summed E-state index contributed by atoms with van der Waals surface area (Å²) in [5.41, 5.74) is 11.1. The highest BCUT2D eigenvalue weighted by molar-refractivity contribution is 7.78. The third kappa shape index (κ3) is 2.31. The molecule has 1 unspecified atom stereocenters. The third-order valence-corrected chi connectivity index (χ3v) is 2.80. The molecule has 1 aromatic carbocycles. The predicted octanol–water partition coefficient (Wildman–Crippen LogP) is 0.953. The molecule has 1 aromatic rings.